The minimum absolute atomic E-state index is 0.0597. The first-order valence-electron chi connectivity index (χ1n) is 5.36. The second kappa shape index (κ2) is 5.36. The van der Waals surface area contributed by atoms with Gasteiger partial charge in [0.15, 0.2) is 0 Å². The number of nitrogen functional groups attached to an aromatic ring is 1. The number of nitriles is 1. The molecule has 0 spiro atoms. The van der Waals surface area contributed by atoms with Crippen molar-refractivity contribution in [2.75, 3.05) is 10.5 Å². The van der Waals surface area contributed by atoms with Crippen molar-refractivity contribution < 1.29 is 8.42 Å². The predicted octanol–water partition coefficient (Wildman–Crippen LogP) is 1.99. The zero-order valence-electron chi connectivity index (χ0n) is 10.0. The summed E-state index contributed by atoms with van der Waals surface area (Å²) in [5, 5.41) is 9.27. The van der Waals surface area contributed by atoms with E-state index in [1.165, 1.54) is 30.3 Å². The Morgan fingerprint density at radius 3 is 2.65 bits per heavy atom. The van der Waals surface area contributed by atoms with Crippen LogP contribution in [0.1, 0.15) is 5.56 Å². The van der Waals surface area contributed by atoms with Gasteiger partial charge in [-0.05, 0) is 30.3 Å². The maximum Gasteiger partial charge on any atom is 0.263 e. The number of aromatic nitrogens is 1. The molecule has 1 aromatic carbocycles. The normalized spacial score (nSPS) is 10.8. The van der Waals surface area contributed by atoms with E-state index in [0.29, 0.717) is 5.02 Å². The average molecular weight is 309 g/mol. The maximum atomic E-state index is 12.1. The van der Waals surface area contributed by atoms with Gasteiger partial charge in [-0.15, -0.1) is 0 Å². The van der Waals surface area contributed by atoms with Crippen LogP contribution in [0.15, 0.2) is 41.4 Å². The first-order chi connectivity index (χ1) is 9.42. The Morgan fingerprint density at radius 1 is 1.30 bits per heavy atom. The number of nitrogens with zero attached hydrogens (tertiary/aromatic N) is 2. The molecule has 2 aromatic rings. The van der Waals surface area contributed by atoms with Gasteiger partial charge in [-0.3, -0.25) is 4.72 Å². The second-order valence-electron chi connectivity index (χ2n) is 3.83. The van der Waals surface area contributed by atoms with Crippen LogP contribution in [-0.4, -0.2) is 13.4 Å². The Hall–Kier alpha value is -2.30. The monoisotopic (exact) mass is 308 g/mol. The lowest BCUT2D eigenvalue weighted by molar-refractivity contribution is 0.601. The summed E-state index contributed by atoms with van der Waals surface area (Å²) in [5.74, 6) is 0.212. The molecule has 0 radical (unpaired) electrons. The molecule has 0 aliphatic heterocycles. The molecule has 20 heavy (non-hydrogen) atoms. The molecule has 2 rings (SSSR count). The molecule has 0 saturated carbocycles. The fourth-order valence-corrected chi connectivity index (χ4v) is 2.64. The molecule has 0 fully saturated rings. The quantitative estimate of drug-likeness (QED) is 0.901. The third kappa shape index (κ3) is 2.99. The van der Waals surface area contributed by atoms with Gasteiger partial charge in [0.1, 0.15) is 16.8 Å². The van der Waals surface area contributed by atoms with Gasteiger partial charge < -0.3 is 5.73 Å². The first kappa shape index (κ1) is 14.1. The van der Waals surface area contributed by atoms with Crippen molar-refractivity contribution >= 4 is 33.1 Å². The van der Waals surface area contributed by atoms with Crippen LogP contribution in [-0.2, 0) is 10.0 Å². The highest BCUT2D eigenvalue weighted by molar-refractivity contribution is 7.92. The largest absolute Gasteiger partial charge is 0.384 e. The highest BCUT2D eigenvalue weighted by atomic mass is 35.5. The zero-order valence-corrected chi connectivity index (χ0v) is 11.6. The second-order valence-corrected chi connectivity index (χ2v) is 5.94. The molecule has 3 N–H and O–H groups in total. The Labute approximate surface area is 120 Å². The van der Waals surface area contributed by atoms with Gasteiger partial charge in [0.05, 0.1) is 11.3 Å². The third-order valence-corrected chi connectivity index (χ3v) is 4.00. The molecule has 0 saturated heterocycles. The Bertz CT molecular complexity index is 782. The summed E-state index contributed by atoms with van der Waals surface area (Å²) in [5.41, 5.74) is 5.68. The van der Waals surface area contributed by atoms with Crippen LogP contribution in [0.5, 0.6) is 0 Å². The minimum Gasteiger partial charge on any atom is -0.384 e. The molecule has 6 nitrogen and oxygen atoms in total. The van der Waals surface area contributed by atoms with E-state index in [0.717, 1.165) is 6.20 Å². The van der Waals surface area contributed by atoms with E-state index in [-0.39, 0.29) is 22.0 Å². The standard InChI is InChI=1S/C12H9ClN4O2S/c13-9-2-1-8(6-14)11(5-9)17-20(18,19)10-3-4-12(15)16-7-10/h1-5,7,17H,(H2,15,16). The van der Waals surface area contributed by atoms with Crippen molar-refractivity contribution in [3.8, 4) is 6.07 Å². The Balaban J connectivity index is 2.41. The molecular formula is C12H9ClN4O2S. The zero-order chi connectivity index (χ0) is 14.8. The summed E-state index contributed by atoms with van der Waals surface area (Å²) in [7, 11) is -3.86. The van der Waals surface area contributed by atoms with Crippen molar-refractivity contribution in [3.05, 3.63) is 47.1 Å². The fraction of sp³-hybridized carbons (Fsp3) is 0. The average Bonchev–Trinajstić information content (AvgIpc) is 2.39. The number of rotatable bonds is 3. The third-order valence-electron chi connectivity index (χ3n) is 2.42. The Kier molecular flexibility index (Phi) is 3.79. The molecular weight excluding hydrogens is 300 g/mol. The van der Waals surface area contributed by atoms with E-state index in [4.69, 9.17) is 22.6 Å². The molecule has 0 atom stereocenters. The van der Waals surface area contributed by atoms with Crippen LogP contribution >= 0.6 is 11.6 Å². The lowest BCUT2D eigenvalue weighted by atomic mass is 10.2. The van der Waals surface area contributed by atoms with Crippen LogP contribution < -0.4 is 10.5 Å². The number of pyridine rings is 1. The van der Waals surface area contributed by atoms with E-state index < -0.39 is 10.0 Å². The number of hydrogen-bond donors (Lipinski definition) is 2. The number of nitrogens with two attached hydrogens (primary N) is 1. The van der Waals surface area contributed by atoms with Gasteiger partial charge in [0, 0.05) is 11.2 Å². The van der Waals surface area contributed by atoms with Gasteiger partial charge in [0.2, 0.25) is 0 Å². The van der Waals surface area contributed by atoms with Crippen molar-refractivity contribution in [3.63, 3.8) is 0 Å². The molecule has 0 amide bonds. The van der Waals surface area contributed by atoms with Crippen molar-refractivity contribution in [2.45, 2.75) is 4.90 Å². The van der Waals surface area contributed by atoms with E-state index in [1.807, 2.05) is 6.07 Å². The molecule has 1 aromatic heterocycles. The van der Waals surface area contributed by atoms with E-state index >= 15 is 0 Å². The van der Waals surface area contributed by atoms with Gasteiger partial charge in [-0.25, -0.2) is 13.4 Å². The lowest BCUT2D eigenvalue weighted by Crippen LogP contribution is -2.14. The smallest absolute Gasteiger partial charge is 0.263 e. The number of benzene rings is 1. The molecule has 0 aliphatic rings. The summed E-state index contributed by atoms with van der Waals surface area (Å²) in [4.78, 5) is 3.66. The molecule has 8 heteroatoms. The van der Waals surface area contributed by atoms with Gasteiger partial charge in [-0.2, -0.15) is 5.26 Å². The lowest BCUT2D eigenvalue weighted by Gasteiger charge is -2.09. The summed E-state index contributed by atoms with van der Waals surface area (Å²) < 4.78 is 26.6. The maximum absolute atomic E-state index is 12.1. The van der Waals surface area contributed by atoms with E-state index in [9.17, 15) is 8.42 Å². The summed E-state index contributed by atoms with van der Waals surface area (Å²) >= 11 is 5.80. The number of hydrogen-bond acceptors (Lipinski definition) is 5. The fourth-order valence-electron chi connectivity index (χ4n) is 1.45. The summed E-state index contributed by atoms with van der Waals surface area (Å²) in [6.07, 6.45) is 1.13. The van der Waals surface area contributed by atoms with Crippen LogP contribution in [0, 0.1) is 11.3 Å². The van der Waals surface area contributed by atoms with Crippen molar-refractivity contribution in [2.24, 2.45) is 0 Å². The number of nitrogens with one attached hydrogen (secondary N) is 1. The van der Waals surface area contributed by atoms with Gasteiger partial charge in [-0.1, -0.05) is 11.6 Å². The summed E-state index contributed by atoms with van der Waals surface area (Å²) in [6.45, 7) is 0. The number of anilines is 2. The van der Waals surface area contributed by atoms with Crippen LogP contribution in [0.4, 0.5) is 11.5 Å². The van der Waals surface area contributed by atoms with Crippen molar-refractivity contribution in [1.82, 2.24) is 4.98 Å². The topological polar surface area (TPSA) is 109 Å². The van der Waals surface area contributed by atoms with E-state index in [2.05, 4.69) is 9.71 Å². The van der Waals surface area contributed by atoms with Gasteiger partial charge in [0.25, 0.3) is 10.0 Å². The summed E-state index contributed by atoms with van der Waals surface area (Å²) in [6, 6.07) is 8.88. The SMILES string of the molecule is N#Cc1ccc(Cl)cc1NS(=O)(=O)c1ccc(N)nc1. The number of sulfonamides is 1. The Morgan fingerprint density at radius 2 is 2.05 bits per heavy atom. The van der Waals surface area contributed by atoms with Crippen LogP contribution in [0.3, 0.4) is 0 Å². The molecule has 0 aliphatic carbocycles. The molecule has 0 unspecified atom stereocenters. The van der Waals surface area contributed by atoms with Gasteiger partial charge >= 0.3 is 0 Å². The van der Waals surface area contributed by atoms with E-state index in [1.54, 1.807) is 0 Å². The van der Waals surface area contributed by atoms with Crippen LogP contribution in [0.25, 0.3) is 0 Å². The van der Waals surface area contributed by atoms with Crippen LogP contribution in [0.2, 0.25) is 5.02 Å². The van der Waals surface area contributed by atoms with Crippen molar-refractivity contribution in [1.29, 1.82) is 5.26 Å². The molecule has 0 bridgehead atoms. The highest BCUT2D eigenvalue weighted by Crippen LogP contribution is 2.23. The minimum atomic E-state index is -3.86. The highest BCUT2D eigenvalue weighted by Gasteiger charge is 2.16. The predicted molar refractivity (Wildman–Crippen MR) is 75.6 cm³/mol. The first-order valence-corrected chi connectivity index (χ1v) is 7.22. The molecule has 1 heterocycles. The number of halogens is 1. The molecule has 102 valence electrons.